The number of furan rings is 1. The molecule has 0 aliphatic rings. The number of benzene rings is 2. The largest absolute Gasteiger partial charge is 0.456 e. The quantitative estimate of drug-likeness (QED) is 0.258. The number of aryl methyl sites for hydroxylation is 1. The Labute approximate surface area is 165 Å². The lowest BCUT2D eigenvalue weighted by atomic mass is 9.89. The van der Waals surface area contributed by atoms with Crippen LogP contribution in [0.15, 0.2) is 65.3 Å². The third kappa shape index (κ3) is 2.67. The fraction of sp³-hybridized carbons (Fsp3) is 0.269. The van der Waals surface area contributed by atoms with Gasteiger partial charge in [0.2, 0.25) is 5.52 Å². The zero-order chi connectivity index (χ0) is 19.4. The van der Waals surface area contributed by atoms with Crippen molar-refractivity contribution in [1.29, 1.82) is 0 Å². The smallest absolute Gasteiger partial charge is 0.218 e. The van der Waals surface area contributed by atoms with Gasteiger partial charge < -0.3 is 4.42 Å². The van der Waals surface area contributed by atoms with E-state index in [1.807, 2.05) is 6.07 Å². The zero-order valence-corrected chi connectivity index (χ0v) is 17.0. The van der Waals surface area contributed by atoms with Gasteiger partial charge in [0, 0.05) is 28.0 Å². The van der Waals surface area contributed by atoms with Gasteiger partial charge >= 0.3 is 0 Å². The number of aromatic nitrogens is 1. The number of hydrogen-bond acceptors (Lipinski definition) is 1. The van der Waals surface area contributed by atoms with Crippen LogP contribution in [0.25, 0.3) is 38.2 Å². The molecule has 140 valence electrons. The number of fused-ring (bicyclic) bond motifs is 6. The van der Waals surface area contributed by atoms with Crippen molar-refractivity contribution in [2.75, 3.05) is 0 Å². The van der Waals surface area contributed by atoms with E-state index in [9.17, 15) is 0 Å². The first-order valence-electron chi connectivity index (χ1n) is 10.2. The predicted octanol–water partition coefficient (Wildman–Crippen LogP) is 6.62. The number of para-hydroxylation sites is 1. The normalized spacial score (nSPS) is 13.3. The molecule has 0 bridgehead atoms. The zero-order valence-electron chi connectivity index (χ0n) is 17.0. The number of hydrogen-bond donors (Lipinski definition) is 0. The van der Waals surface area contributed by atoms with E-state index in [4.69, 9.17) is 4.42 Å². The van der Waals surface area contributed by atoms with Crippen LogP contribution in [0.3, 0.4) is 0 Å². The van der Waals surface area contributed by atoms with Crippen LogP contribution in [-0.4, -0.2) is 0 Å². The van der Waals surface area contributed by atoms with Crippen LogP contribution in [0.2, 0.25) is 0 Å². The maximum atomic E-state index is 6.18. The van der Waals surface area contributed by atoms with Crippen molar-refractivity contribution in [2.24, 2.45) is 11.8 Å². The Morgan fingerprint density at radius 1 is 0.821 bits per heavy atom. The van der Waals surface area contributed by atoms with E-state index in [0.29, 0.717) is 11.8 Å². The summed E-state index contributed by atoms with van der Waals surface area (Å²) in [6.45, 7) is 9.13. The van der Waals surface area contributed by atoms with Crippen LogP contribution in [0.4, 0.5) is 0 Å². The van der Waals surface area contributed by atoms with E-state index in [1.54, 1.807) is 0 Å². The first-order chi connectivity index (χ1) is 13.5. The Hall–Kier alpha value is -2.87. The van der Waals surface area contributed by atoms with E-state index in [2.05, 4.69) is 87.0 Å². The van der Waals surface area contributed by atoms with Gasteiger partial charge in [-0.2, -0.15) is 4.40 Å². The summed E-state index contributed by atoms with van der Waals surface area (Å²) >= 11 is 0. The van der Waals surface area contributed by atoms with Gasteiger partial charge in [-0.1, -0.05) is 39.0 Å². The molecule has 2 nitrogen and oxygen atoms in total. The lowest BCUT2D eigenvalue weighted by molar-refractivity contribution is -0.511. The van der Waals surface area contributed by atoms with Gasteiger partial charge in [-0.3, -0.25) is 0 Å². The van der Waals surface area contributed by atoms with Crippen LogP contribution >= 0.6 is 0 Å². The summed E-state index contributed by atoms with van der Waals surface area (Å²) in [6, 6.07) is 17.3. The molecular formula is C26H26NO+. The van der Waals surface area contributed by atoms with Gasteiger partial charge in [-0.15, -0.1) is 0 Å². The molecule has 0 N–H and O–H groups in total. The third-order valence-electron chi connectivity index (χ3n) is 6.24. The highest BCUT2D eigenvalue weighted by Crippen LogP contribution is 2.34. The Balaban J connectivity index is 1.89. The molecule has 0 radical (unpaired) electrons. The summed E-state index contributed by atoms with van der Waals surface area (Å²) < 4.78 is 8.47. The number of nitrogens with zero attached hydrogens (tertiary/aromatic N) is 1. The molecule has 0 saturated carbocycles. The molecule has 28 heavy (non-hydrogen) atoms. The van der Waals surface area contributed by atoms with Gasteiger partial charge in [0.1, 0.15) is 11.2 Å². The van der Waals surface area contributed by atoms with E-state index < -0.39 is 0 Å². The predicted molar refractivity (Wildman–Crippen MR) is 117 cm³/mol. The lowest BCUT2D eigenvalue weighted by Crippen LogP contribution is -2.23. The molecule has 0 amide bonds. The highest BCUT2D eigenvalue weighted by atomic mass is 16.3. The first-order valence-corrected chi connectivity index (χ1v) is 10.2. The second kappa shape index (κ2) is 6.34. The summed E-state index contributed by atoms with van der Waals surface area (Å²) in [5, 5.41) is 5.01. The minimum atomic E-state index is 0.628. The molecule has 1 atom stereocenters. The molecule has 2 aromatic carbocycles. The monoisotopic (exact) mass is 368 g/mol. The van der Waals surface area contributed by atoms with Crippen LogP contribution in [0, 0.1) is 18.8 Å². The van der Waals surface area contributed by atoms with Crippen molar-refractivity contribution in [3.8, 4) is 0 Å². The molecule has 0 aliphatic heterocycles. The Morgan fingerprint density at radius 2 is 1.64 bits per heavy atom. The molecule has 1 unspecified atom stereocenters. The molecule has 3 aromatic heterocycles. The van der Waals surface area contributed by atoms with E-state index in [-0.39, 0.29) is 0 Å². The van der Waals surface area contributed by atoms with E-state index in [0.717, 1.165) is 17.6 Å². The summed E-state index contributed by atoms with van der Waals surface area (Å²) in [7, 11) is 0. The minimum absolute atomic E-state index is 0.628. The van der Waals surface area contributed by atoms with Crippen molar-refractivity contribution in [1.82, 2.24) is 0 Å². The summed E-state index contributed by atoms with van der Waals surface area (Å²) in [5.74, 6) is 1.29. The van der Waals surface area contributed by atoms with Gasteiger partial charge in [0.05, 0.1) is 5.39 Å². The fourth-order valence-corrected chi connectivity index (χ4v) is 4.20. The van der Waals surface area contributed by atoms with Crippen molar-refractivity contribution in [3.05, 3.63) is 72.1 Å². The standard InChI is InChI=1S/C26H26NO/c1-16(2)18(4)11-19-15-27-14-17(3)9-10-24(27)22-13-26-23(12-21(19)22)20-7-5-6-8-25(20)28-26/h5-10,12-16,18H,11H2,1-4H3/q+1. The van der Waals surface area contributed by atoms with Crippen LogP contribution < -0.4 is 4.40 Å². The molecule has 3 heterocycles. The molecule has 0 spiro atoms. The molecule has 2 heteroatoms. The number of rotatable bonds is 3. The Bertz CT molecular complexity index is 1340. The minimum Gasteiger partial charge on any atom is -0.456 e. The Kier molecular flexibility index (Phi) is 3.90. The van der Waals surface area contributed by atoms with Crippen molar-refractivity contribution < 1.29 is 8.82 Å². The lowest BCUT2D eigenvalue weighted by Gasteiger charge is -2.16. The molecule has 5 rings (SSSR count). The van der Waals surface area contributed by atoms with Gasteiger partial charge in [-0.25, -0.2) is 0 Å². The highest BCUT2D eigenvalue weighted by Gasteiger charge is 2.19. The summed E-state index contributed by atoms with van der Waals surface area (Å²) in [6.07, 6.45) is 5.63. The molecule has 0 saturated heterocycles. The van der Waals surface area contributed by atoms with Gasteiger partial charge in [-0.05, 0) is 54.8 Å². The van der Waals surface area contributed by atoms with Gasteiger partial charge in [0.25, 0.3) is 0 Å². The van der Waals surface area contributed by atoms with Crippen LogP contribution in [-0.2, 0) is 6.42 Å². The fourth-order valence-electron chi connectivity index (χ4n) is 4.20. The Morgan fingerprint density at radius 3 is 2.46 bits per heavy atom. The van der Waals surface area contributed by atoms with Crippen LogP contribution in [0.5, 0.6) is 0 Å². The topological polar surface area (TPSA) is 17.2 Å². The van der Waals surface area contributed by atoms with Crippen molar-refractivity contribution >= 4 is 38.2 Å². The third-order valence-corrected chi connectivity index (χ3v) is 6.24. The van der Waals surface area contributed by atoms with Gasteiger partial charge in [0.15, 0.2) is 12.4 Å². The average Bonchev–Trinajstić information content (AvgIpc) is 3.04. The van der Waals surface area contributed by atoms with E-state index in [1.165, 1.54) is 38.2 Å². The summed E-state index contributed by atoms with van der Waals surface area (Å²) in [5.41, 5.74) is 5.82. The first kappa shape index (κ1) is 17.2. The highest BCUT2D eigenvalue weighted by molar-refractivity contribution is 6.12. The number of pyridine rings is 2. The van der Waals surface area contributed by atoms with Crippen LogP contribution in [0.1, 0.15) is 31.9 Å². The van der Waals surface area contributed by atoms with E-state index >= 15 is 0 Å². The molecule has 0 fully saturated rings. The maximum Gasteiger partial charge on any atom is 0.218 e. The summed E-state index contributed by atoms with van der Waals surface area (Å²) in [4.78, 5) is 0. The van der Waals surface area contributed by atoms with Crippen molar-refractivity contribution in [3.63, 3.8) is 0 Å². The maximum absolute atomic E-state index is 6.18. The van der Waals surface area contributed by atoms with Crippen molar-refractivity contribution in [2.45, 2.75) is 34.1 Å². The molecular weight excluding hydrogens is 342 g/mol. The SMILES string of the molecule is Cc1ccc2c3cc4oc5ccccc5c4cc3c(CC(C)C(C)C)c[n+]2c1. The average molecular weight is 369 g/mol. The molecule has 5 aromatic rings. The second-order valence-electron chi connectivity index (χ2n) is 8.57. The molecule has 0 aliphatic carbocycles. The second-order valence-corrected chi connectivity index (χ2v) is 8.57.